The van der Waals surface area contributed by atoms with Crippen molar-refractivity contribution in [3.05, 3.63) is 29.8 Å². The fraction of sp³-hybridized carbons (Fsp3) is 0.250. The summed E-state index contributed by atoms with van der Waals surface area (Å²) < 4.78 is 26.0. The molecule has 64 valence electrons. The maximum Gasteiger partial charge on any atom is 0.106 e. The molecule has 0 N–H and O–H groups in total. The minimum atomic E-state index is -2.12. The molecule has 1 fully saturated rings. The molecule has 4 heteroatoms. The fourth-order valence-corrected chi connectivity index (χ4v) is 1.39. The van der Waals surface area contributed by atoms with Crippen molar-refractivity contribution < 1.29 is 13.5 Å². The molecule has 0 saturated carbocycles. The van der Waals surface area contributed by atoms with E-state index in [0.29, 0.717) is 4.90 Å². The summed E-state index contributed by atoms with van der Waals surface area (Å²) in [6, 6.07) is 6.73. The highest BCUT2D eigenvalue weighted by molar-refractivity contribution is 7.79. The molecule has 0 bridgehead atoms. The molecule has 1 aromatic rings. The Morgan fingerprint density at radius 1 is 1.42 bits per heavy atom. The zero-order valence-corrected chi connectivity index (χ0v) is 7.04. The molecule has 2 atom stereocenters. The maximum atomic E-state index is 10.5. The summed E-state index contributed by atoms with van der Waals surface area (Å²) in [5.74, 6) is 0. The third kappa shape index (κ3) is 1.55. The van der Waals surface area contributed by atoms with Gasteiger partial charge in [0.15, 0.2) is 0 Å². The van der Waals surface area contributed by atoms with Gasteiger partial charge in [0.25, 0.3) is 0 Å². The highest BCUT2D eigenvalue weighted by Crippen LogP contribution is 2.29. The second-order valence-electron chi connectivity index (χ2n) is 2.63. The smallest absolute Gasteiger partial charge is 0.106 e. The second kappa shape index (κ2) is 2.97. The Hall–Kier alpha value is -0.710. The van der Waals surface area contributed by atoms with Crippen molar-refractivity contribution in [3.8, 4) is 0 Å². The third-order valence-corrected chi connectivity index (χ3v) is 2.43. The van der Waals surface area contributed by atoms with Crippen molar-refractivity contribution >= 4 is 11.1 Å². The average Bonchev–Trinajstić information content (AvgIpc) is 2.87. The summed E-state index contributed by atoms with van der Waals surface area (Å²) in [6.07, 6.45) is 0.194. The first-order chi connectivity index (χ1) is 5.77. The van der Waals surface area contributed by atoms with E-state index in [0.717, 1.165) is 12.2 Å². The minimum absolute atomic E-state index is 0.194. The van der Waals surface area contributed by atoms with Gasteiger partial charge in [-0.1, -0.05) is 12.1 Å². The molecule has 3 nitrogen and oxygen atoms in total. The lowest BCUT2D eigenvalue weighted by atomic mass is 10.2. The van der Waals surface area contributed by atoms with Crippen LogP contribution in [0.2, 0.25) is 0 Å². The van der Waals surface area contributed by atoms with Gasteiger partial charge in [-0.2, -0.15) is 0 Å². The summed E-state index contributed by atoms with van der Waals surface area (Å²) >= 11 is -2.12. The number of hydrogen-bond donors (Lipinski definition) is 0. The van der Waals surface area contributed by atoms with Gasteiger partial charge in [-0.05, 0) is 28.8 Å². The van der Waals surface area contributed by atoms with E-state index in [1.807, 2.05) is 0 Å². The molecule has 1 heterocycles. The normalized spacial score (nSPS) is 23.6. The van der Waals surface area contributed by atoms with Crippen LogP contribution < -0.4 is 0 Å². The molecule has 0 radical (unpaired) electrons. The van der Waals surface area contributed by atoms with E-state index in [-0.39, 0.29) is 6.10 Å². The van der Waals surface area contributed by atoms with Crippen LogP contribution in [0.15, 0.2) is 29.2 Å². The van der Waals surface area contributed by atoms with Gasteiger partial charge in [0.05, 0.1) is 6.61 Å². The van der Waals surface area contributed by atoms with E-state index >= 15 is 0 Å². The van der Waals surface area contributed by atoms with E-state index in [4.69, 9.17) is 4.74 Å². The van der Waals surface area contributed by atoms with Gasteiger partial charge >= 0.3 is 0 Å². The first kappa shape index (κ1) is 7.91. The molecular weight excluding hydrogens is 176 g/mol. The highest BCUT2D eigenvalue weighted by atomic mass is 32.2. The zero-order chi connectivity index (χ0) is 8.55. The summed E-state index contributed by atoms with van der Waals surface area (Å²) in [6.45, 7) is 0.750. The average molecular weight is 183 g/mol. The molecular formula is C8H7O3S-. The Bertz CT molecular complexity index is 303. The molecule has 0 aliphatic carbocycles. The summed E-state index contributed by atoms with van der Waals surface area (Å²) in [7, 11) is 0. The molecule has 1 aliphatic heterocycles. The summed E-state index contributed by atoms with van der Waals surface area (Å²) in [5.41, 5.74) is 1.05. The van der Waals surface area contributed by atoms with E-state index in [1.165, 1.54) is 0 Å². The van der Waals surface area contributed by atoms with Crippen LogP contribution in [0, 0.1) is 0 Å². The number of epoxide rings is 1. The van der Waals surface area contributed by atoms with E-state index in [1.54, 1.807) is 24.3 Å². The van der Waals surface area contributed by atoms with Gasteiger partial charge in [-0.15, -0.1) is 0 Å². The lowest BCUT2D eigenvalue weighted by molar-refractivity contribution is 0.415. The predicted octanol–water partition coefficient (Wildman–Crippen LogP) is 0.996. The molecule has 0 spiro atoms. The van der Waals surface area contributed by atoms with Gasteiger partial charge in [0.2, 0.25) is 0 Å². The van der Waals surface area contributed by atoms with E-state index < -0.39 is 11.1 Å². The number of rotatable bonds is 2. The predicted molar refractivity (Wildman–Crippen MR) is 42.3 cm³/mol. The molecule has 1 saturated heterocycles. The molecule has 0 aromatic heterocycles. The van der Waals surface area contributed by atoms with Gasteiger partial charge in [0.1, 0.15) is 6.10 Å². The van der Waals surface area contributed by atoms with Gasteiger partial charge in [-0.3, -0.25) is 4.21 Å². The number of ether oxygens (including phenoxy) is 1. The Morgan fingerprint density at radius 2 is 2.00 bits per heavy atom. The van der Waals surface area contributed by atoms with Crippen LogP contribution in [0.3, 0.4) is 0 Å². The second-order valence-corrected chi connectivity index (χ2v) is 3.57. The first-order valence-corrected chi connectivity index (χ1v) is 4.66. The van der Waals surface area contributed by atoms with Crippen LogP contribution in [-0.4, -0.2) is 15.4 Å². The van der Waals surface area contributed by atoms with Crippen molar-refractivity contribution in [2.24, 2.45) is 0 Å². The topological polar surface area (TPSA) is 52.7 Å². The molecule has 2 unspecified atom stereocenters. The number of hydrogen-bond acceptors (Lipinski definition) is 3. The molecule has 1 aliphatic rings. The van der Waals surface area contributed by atoms with Crippen LogP contribution >= 0.6 is 0 Å². The lowest BCUT2D eigenvalue weighted by Gasteiger charge is -2.04. The zero-order valence-electron chi connectivity index (χ0n) is 6.23. The summed E-state index contributed by atoms with van der Waals surface area (Å²) in [4.78, 5) is 0.319. The van der Waals surface area contributed by atoms with Crippen LogP contribution in [0.25, 0.3) is 0 Å². The van der Waals surface area contributed by atoms with Gasteiger partial charge in [0, 0.05) is 4.90 Å². The third-order valence-electron chi connectivity index (χ3n) is 1.78. The molecule has 1 aromatic carbocycles. The van der Waals surface area contributed by atoms with Crippen molar-refractivity contribution in [1.82, 2.24) is 0 Å². The molecule has 2 rings (SSSR count). The van der Waals surface area contributed by atoms with Crippen molar-refractivity contribution in [2.75, 3.05) is 6.61 Å². The van der Waals surface area contributed by atoms with Crippen LogP contribution in [-0.2, 0) is 15.8 Å². The Kier molecular flexibility index (Phi) is 1.96. The highest BCUT2D eigenvalue weighted by Gasteiger charge is 2.24. The lowest BCUT2D eigenvalue weighted by Crippen LogP contribution is -1.88. The Balaban J connectivity index is 2.24. The maximum absolute atomic E-state index is 10.5. The quantitative estimate of drug-likeness (QED) is 0.507. The van der Waals surface area contributed by atoms with E-state index in [9.17, 15) is 8.76 Å². The van der Waals surface area contributed by atoms with E-state index in [2.05, 4.69) is 0 Å². The first-order valence-electron chi connectivity index (χ1n) is 3.58. The van der Waals surface area contributed by atoms with Crippen LogP contribution in [0.1, 0.15) is 11.7 Å². The van der Waals surface area contributed by atoms with Crippen LogP contribution in [0.4, 0.5) is 0 Å². The van der Waals surface area contributed by atoms with Crippen LogP contribution in [0.5, 0.6) is 0 Å². The summed E-state index contributed by atoms with van der Waals surface area (Å²) in [5, 5.41) is 0. The molecule has 12 heavy (non-hydrogen) atoms. The van der Waals surface area contributed by atoms with Gasteiger partial charge in [-0.25, -0.2) is 0 Å². The van der Waals surface area contributed by atoms with Crippen molar-refractivity contribution in [3.63, 3.8) is 0 Å². The van der Waals surface area contributed by atoms with Crippen molar-refractivity contribution in [1.29, 1.82) is 0 Å². The monoisotopic (exact) mass is 183 g/mol. The fourth-order valence-electron chi connectivity index (χ4n) is 1.03. The Labute approximate surface area is 72.6 Å². The van der Waals surface area contributed by atoms with Gasteiger partial charge < -0.3 is 9.29 Å². The SMILES string of the molecule is O=S([O-])c1ccc(C2CO2)cc1. The number of benzene rings is 1. The minimum Gasteiger partial charge on any atom is -0.768 e. The van der Waals surface area contributed by atoms with Crippen molar-refractivity contribution in [2.45, 2.75) is 11.0 Å². The largest absolute Gasteiger partial charge is 0.768 e. The molecule has 0 amide bonds. The Morgan fingerprint density at radius 3 is 2.42 bits per heavy atom. The standard InChI is InChI=1S/C8H8O3S/c9-12(10)7-3-1-6(2-4-7)8-5-11-8/h1-4,8H,5H2,(H,9,10)/p-1.